The highest BCUT2D eigenvalue weighted by molar-refractivity contribution is 5.70. The summed E-state index contributed by atoms with van der Waals surface area (Å²) < 4.78 is 2.02. The van der Waals surface area contributed by atoms with Crippen LogP contribution in [-0.4, -0.2) is 31.0 Å². The van der Waals surface area contributed by atoms with Crippen molar-refractivity contribution in [2.24, 2.45) is 0 Å². The van der Waals surface area contributed by atoms with Gasteiger partial charge in [-0.05, 0) is 23.6 Å². The number of hydrogen-bond donors (Lipinski definition) is 2. The van der Waals surface area contributed by atoms with Gasteiger partial charge in [-0.25, -0.2) is 9.97 Å². The van der Waals surface area contributed by atoms with Crippen LogP contribution in [0.5, 0.6) is 0 Å². The van der Waals surface area contributed by atoms with E-state index in [4.69, 9.17) is 0 Å². The summed E-state index contributed by atoms with van der Waals surface area (Å²) in [5.41, 5.74) is 4.89. The molecule has 0 unspecified atom stereocenters. The zero-order valence-electron chi connectivity index (χ0n) is 14.2. The molecule has 0 aliphatic rings. The number of fused-ring (bicyclic) bond motifs is 1. The van der Waals surface area contributed by atoms with Crippen LogP contribution in [0.1, 0.15) is 11.1 Å². The highest BCUT2D eigenvalue weighted by Crippen LogP contribution is 2.23. The van der Waals surface area contributed by atoms with Gasteiger partial charge >= 0.3 is 0 Å². The Labute approximate surface area is 151 Å². The van der Waals surface area contributed by atoms with Gasteiger partial charge in [-0.15, -0.1) is 0 Å². The number of aliphatic hydroxyl groups excluding tert-OH is 1. The van der Waals surface area contributed by atoms with Gasteiger partial charge in [0.2, 0.25) is 0 Å². The number of pyridine rings is 1. The Morgan fingerprint density at radius 1 is 0.962 bits per heavy atom. The molecule has 0 atom stereocenters. The second-order valence-electron chi connectivity index (χ2n) is 6.01. The summed E-state index contributed by atoms with van der Waals surface area (Å²) in [6, 6.07) is 11.8. The molecule has 0 radical (unpaired) electrons. The number of hydrogen-bond acceptors (Lipinski definition) is 5. The van der Waals surface area contributed by atoms with E-state index in [-0.39, 0.29) is 6.61 Å². The number of aromatic nitrogens is 4. The minimum absolute atomic E-state index is 0.0440. The fraction of sp³-hybridized carbons (Fsp3) is 0.150. The third-order valence-corrected chi connectivity index (χ3v) is 4.29. The van der Waals surface area contributed by atoms with Crippen molar-refractivity contribution in [1.29, 1.82) is 0 Å². The topological polar surface area (TPSA) is 75.3 Å². The van der Waals surface area contributed by atoms with Crippen molar-refractivity contribution in [3.8, 4) is 11.3 Å². The van der Waals surface area contributed by atoms with Crippen molar-refractivity contribution in [3.63, 3.8) is 0 Å². The Kier molecular flexibility index (Phi) is 4.57. The van der Waals surface area contributed by atoms with Gasteiger partial charge in [-0.2, -0.15) is 0 Å². The highest BCUT2D eigenvalue weighted by atomic mass is 16.3. The molecule has 4 rings (SSSR count). The van der Waals surface area contributed by atoms with Crippen LogP contribution in [-0.2, 0) is 13.0 Å². The van der Waals surface area contributed by atoms with Crippen molar-refractivity contribution in [2.75, 3.05) is 11.9 Å². The number of anilines is 1. The summed E-state index contributed by atoms with van der Waals surface area (Å²) in [5.74, 6) is 0.759. The van der Waals surface area contributed by atoms with Gasteiger partial charge in [0, 0.05) is 36.9 Å². The highest BCUT2D eigenvalue weighted by Gasteiger charge is 2.10. The average Bonchev–Trinajstić information content (AvgIpc) is 3.14. The van der Waals surface area contributed by atoms with Gasteiger partial charge in [-0.1, -0.05) is 30.3 Å². The number of rotatable bonds is 6. The quantitative estimate of drug-likeness (QED) is 0.562. The fourth-order valence-corrected chi connectivity index (χ4v) is 2.91. The fourth-order valence-electron chi connectivity index (χ4n) is 2.91. The molecule has 0 aliphatic heterocycles. The Morgan fingerprint density at radius 2 is 1.85 bits per heavy atom. The van der Waals surface area contributed by atoms with E-state index < -0.39 is 0 Å². The van der Waals surface area contributed by atoms with E-state index in [9.17, 15) is 5.11 Å². The van der Waals surface area contributed by atoms with Crippen LogP contribution in [0, 0.1) is 0 Å². The SMILES string of the molecule is OCc1ccc(-c2cnc3c(NCCc4cccnc4)nccn23)cc1. The maximum Gasteiger partial charge on any atom is 0.180 e. The van der Waals surface area contributed by atoms with E-state index >= 15 is 0 Å². The predicted octanol–water partition coefficient (Wildman–Crippen LogP) is 2.94. The lowest BCUT2D eigenvalue weighted by Gasteiger charge is -2.08. The van der Waals surface area contributed by atoms with Gasteiger partial charge in [0.1, 0.15) is 0 Å². The van der Waals surface area contributed by atoms with Crippen LogP contribution in [0.4, 0.5) is 5.82 Å². The zero-order valence-corrected chi connectivity index (χ0v) is 14.2. The molecule has 6 heteroatoms. The van der Waals surface area contributed by atoms with Gasteiger partial charge in [0.25, 0.3) is 0 Å². The molecule has 3 heterocycles. The minimum atomic E-state index is 0.0440. The van der Waals surface area contributed by atoms with Gasteiger partial charge < -0.3 is 10.4 Å². The van der Waals surface area contributed by atoms with E-state index in [1.807, 2.05) is 53.3 Å². The molecule has 0 fully saturated rings. The lowest BCUT2D eigenvalue weighted by atomic mass is 10.1. The first-order chi connectivity index (χ1) is 12.8. The zero-order chi connectivity index (χ0) is 17.8. The predicted molar refractivity (Wildman–Crippen MR) is 101 cm³/mol. The van der Waals surface area contributed by atoms with Crippen molar-refractivity contribution < 1.29 is 5.11 Å². The Morgan fingerprint density at radius 3 is 2.62 bits per heavy atom. The molecule has 6 nitrogen and oxygen atoms in total. The van der Waals surface area contributed by atoms with Gasteiger partial charge in [-0.3, -0.25) is 9.38 Å². The van der Waals surface area contributed by atoms with Crippen LogP contribution in [0.2, 0.25) is 0 Å². The second kappa shape index (κ2) is 7.33. The number of benzene rings is 1. The lowest BCUT2D eigenvalue weighted by molar-refractivity contribution is 0.282. The minimum Gasteiger partial charge on any atom is -0.392 e. The third kappa shape index (κ3) is 3.27. The molecular weight excluding hydrogens is 326 g/mol. The van der Waals surface area contributed by atoms with Gasteiger partial charge in [0.15, 0.2) is 11.5 Å². The van der Waals surface area contributed by atoms with Gasteiger partial charge in [0.05, 0.1) is 18.5 Å². The molecule has 0 saturated heterocycles. The molecule has 1 aromatic carbocycles. The molecule has 26 heavy (non-hydrogen) atoms. The normalized spacial score (nSPS) is 11.0. The van der Waals surface area contributed by atoms with Crippen LogP contribution in [0.15, 0.2) is 67.4 Å². The summed E-state index contributed by atoms with van der Waals surface area (Å²) >= 11 is 0. The maximum absolute atomic E-state index is 9.19. The largest absolute Gasteiger partial charge is 0.392 e. The second-order valence-corrected chi connectivity index (χ2v) is 6.01. The summed E-state index contributed by atoms with van der Waals surface area (Å²) in [4.78, 5) is 13.1. The van der Waals surface area contributed by atoms with E-state index in [2.05, 4.69) is 26.3 Å². The molecule has 130 valence electrons. The van der Waals surface area contributed by atoms with Crippen LogP contribution in [0.25, 0.3) is 16.9 Å². The first-order valence-electron chi connectivity index (χ1n) is 8.50. The van der Waals surface area contributed by atoms with E-state index in [0.717, 1.165) is 41.3 Å². The van der Waals surface area contributed by atoms with E-state index in [0.29, 0.717) is 0 Å². The Hall–Kier alpha value is -3.25. The Bertz CT molecular complexity index is 996. The monoisotopic (exact) mass is 345 g/mol. The summed E-state index contributed by atoms with van der Waals surface area (Å²) in [7, 11) is 0. The molecule has 0 amide bonds. The molecular formula is C20H19N5O. The van der Waals surface area contributed by atoms with E-state index in [1.165, 1.54) is 5.56 Å². The molecule has 0 saturated carbocycles. The average molecular weight is 345 g/mol. The molecule has 0 spiro atoms. The molecule has 4 aromatic rings. The van der Waals surface area contributed by atoms with Crippen molar-refractivity contribution in [3.05, 3.63) is 78.5 Å². The maximum atomic E-state index is 9.19. The molecule has 3 aromatic heterocycles. The number of imidazole rings is 1. The molecule has 0 bridgehead atoms. The molecule has 2 N–H and O–H groups in total. The third-order valence-electron chi connectivity index (χ3n) is 4.29. The van der Waals surface area contributed by atoms with Crippen LogP contribution >= 0.6 is 0 Å². The standard InChI is InChI=1S/C20H19N5O/c26-14-16-3-5-17(6-4-16)18-13-24-20-19(23-10-11-25(18)20)22-9-7-15-2-1-8-21-12-15/h1-6,8,10-13,26H,7,9,14H2,(H,22,23). The first kappa shape index (κ1) is 16.2. The first-order valence-corrected chi connectivity index (χ1v) is 8.50. The number of nitrogens with one attached hydrogen (secondary N) is 1. The van der Waals surface area contributed by atoms with Crippen molar-refractivity contribution >= 4 is 11.5 Å². The Balaban J connectivity index is 1.56. The number of aliphatic hydroxyl groups is 1. The summed E-state index contributed by atoms with van der Waals surface area (Å²) in [5, 5.41) is 12.6. The van der Waals surface area contributed by atoms with Crippen LogP contribution in [0.3, 0.4) is 0 Å². The van der Waals surface area contributed by atoms with Crippen LogP contribution < -0.4 is 5.32 Å². The molecule has 0 aliphatic carbocycles. The summed E-state index contributed by atoms with van der Waals surface area (Å²) in [6.45, 7) is 0.800. The number of nitrogens with zero attached hydrogens (tertiary/aromatic N) is 4. The summed E-state index contributed by atoms with van der Waals surface area (Å²) in [6.07, 6.45) is 10.0. The lowest BCUT2D eigenvalue weighted by Crippen LogP contribution is -2.08. The van der Waals surface area contributed by atoms with Crippen molar-refractivity contribution in [1.82, 2.24) is 19.4 Å². The van der Waals surface area contributed by atoms with Crippen molar-refractivity contribution in [2.45, 2.75) is 13.0 Å². The smallest absolute Gasteiger partial charge is 0.180 e. The van der Waals surface area contributed by atoms with E-state index in [1.54, 1.807) is 12.4 Å².